The number of aromatic nitrogens is 1. The number of hydrogen-bond acceptors (Lipinski definition) is 4. The van der Waals surface area contributed by atoms with E-state index in [1.165, 1.54) is 6.20 Å². The molecule has 0 aliphatic rings. The molecule has 1 heterocycles. The highest BCUT2D eigenvalue weighted by Crippen LogP contribution is 2.19. The van der Waals surface area contributed by atoms with Crippen molar-refractivity contribution in [3.63, 3.8) is 0 Å². The van der Waals surface area contributed by atoms with Gasteiger partial charge >= 0.3 is 0 Å². The summed E-state index contributed by atoms with van der Waals surface area (Å²) in [5.74, 6) is 0.683. The van der Waals surface area contributed by atoms with Gasteiger partial charge in [0.15, 0.2) is 0 Å². The van der Waals surface area contributed by atoms with Gasteiger partial charge in [0.1, 0.15) is 5.82 Å². The maximum Gasteiger partial charge on any atom is 0.261 e. The van der Waals surface area contributed by atoms with Gasteiger partial charge in [-0.15, -0.1) is 0 Å². The van der Waals surface area contributed by atoms with Crippen LogP contribution in [0.5, 0.6) is 0 Å². The summed E-state index contributed by atoms with van der Waals surface area (Å²) in [4.78, 5) is 4.51. The van der Waals surface area contributed by atoms with Crippen molar-refractivity contribution in [3.05, 3.63) is 83.6 Å². The minimum Gasteiger partial charge on any atom is -0.366 e. The maximum absolute atomic E-state index is 12.5. The van der Waals surface area contributed by atoms with Crippen molar-refractivity contribution in [2.45, 2.75) is 25.3 Å². The zero-order valence-corrected chi connectivity index (χ0v) is 15.5. The third kappa shape index (κ3) is 4.40. The van der Waals surface area contributed by atoms with E-state index in [2.05, 4.69) is 15.0 Å². The Labute approximate surface area is 154 Å². The third-order valence-corrected chi connectivity index (χ3v) is 5.50. The maximum atomic E-state index is 12.5. The molecule has 2 aromatic carbocycles. The molecule has 0 saturated heterocycles. The van der Waals surface area contributed by atoms with Crippen molar-refractivity contribution in [2.75, 3.05) is 10.0 Å². The summed E-state index contributed by atoms with van der Waals surface area (Å²) >= 11 is 0. The lowest BCUT2D eigenvalue weighted by Gasteiger charge is -2.10. The van der Waals surface area contributed by atoms with Gasteiger partial charge in [0.05, 0.1) is 16.8 Å². The van der Waals surface area contributed by atoms with Gasteiger partial charge in [-0.2, -0.15) is 0 Å². The highest BCUT2D eigenvalue weighted by molar-refractivity contribution is 7.92. The van der Waals surface area contributed by atoms with Gasteiger partial charge in [0, 0.05) is 6.54 Å². The largest absolute Gasteiger partial charge is 0.366 e. The van der Waals surface area contributed by atoms with E-state index >= 15 is 0 Å². The summed E-state index contributed by atoms with van der Waals surface area (Å²) in [6.07, 6.45) is 1.51. The predicted octanol–water partition coefficient (Wildman–Crippen LogP) is 4.11. The molecule has 2 N–H and O–H groups in total. The van der Waals surface area contributed by atoms with Crippen molar-refractivity contribution in [1.29, 1.82) is 0 Å². The zero-order chi connectivity index (χ0) is 18.6. The third-order valence-electron chi connectivity index (χ3n) is 4.12. The van der Waals surface area contributed by atoms with Crippen molar-refractivity contribution in [3.8, 4) is 0 Å². The van der Waals surface area contributed by atoms with Crippen molar-refractivity contribution < 1.29 is 8.42 Å². The normalized spacial score (nSPS) is 11.2. The van der Waals surface area contributed by atoms with Crippen LogP contribution in [0.3, 0.4) is 0 Å². The Bertz CT molecular complexity index is 985. The highest BCUT2D eigenvalue weighted by Gasteiger charge is 2.15. The molecule has 0 aliphatic heterocycles. The smallest absolute Gasteiger partial charge is 0.261 e. The summed E-state index contributed by atoms with van der Waals surface area (Å²) in [6.45, 7) is 4.49. The first kappa shape index (κ1) is 17.9. The van der Waals surface area contributed by atoms with Crippen molar-refractivity contribution >= 4 is 21.5 Å². The molecule has 0 amide bonds. The van der Waals surface area contributed by atoms with Crippen molar-refractivity contribution in [1.82, 2.24) is 4.98 Å². The van der Waals surface area contributed by atoms with Crippen LogP contribution in [0.15, 0.2) is 71.8 Å². The lowest BCUT2D eigenvalue weighted by molar-refractivity contribution is 0.601. The highest BCUT2D eigenvalue weighted by atomic mass is 32.2. The van der Waals surface area contributed by atoms with E-state index in [1.54, 1.807) is 30.3 Å². The van der Waals surface area contributed by atoms with Crippen LogP contribution in [0.2, 0.25) is 0 Å². The SMILES string of the molecule is Cc1ccc(S(=O)(=O)Nc2ccc(NCc3ccccc3)nc2)cc1C. The van der Waals surface area contributed by atoms with Gasteiger partial charge in [-0.05, 0) is 54.8 Å². The van der Waals surface area contributed by atoms with E-state index in [0.717, 1.165) is 16.7 Å². The minimum atomic E-state index is -3.63. The topological polar surface area (TPSA) is 71.1 Å². The molecule has 0 spiro atoms. The summed E-state index contributed by atoms with van der Waals surface area (Å²) in [5.41, 5.74) is 3.56. The minimum absolute atomic E-state index is 0.242. The van der Waals surface area contributed by atoms with Gasteiger partial charge in [0.25, 0.3) is 10.0 Å². The summed E-state index contributed by atoms with van der Waals surface area (Å²) in [5, 5.41) is 3.21. The summed E-state index contributed by atoms with van der Waals surface area (Å²) in [7, 11) is -3.63. The summed E-state index contributed by atoms with van der Waals surface area (Å²) < 4.78 is 27.6. The molecule has 3 aromatic rings. The molecule has 26 heavy (non-hydrogen) atoms. The Morgan fingerprint density at radius 1 is 0.923 bits per heavy atom. The van der Waals surface area contributed by atoms with Gasteiger partial charge < -0.3 is 5.32 Å². The molecule has 0 aliphatic carbocycles. The molecule has 0 radical (unpaired) electrons. The van der Waals surface area contributed by atoms with Crippen LogP contribution in [0, 0.1) is 13.8 Å². The van der Waals surface area contributed by atoms with Crippen LogP contribution < -0.4 is 10.0 Å². The number of rotatable bonds is 6. The second-order valence-corrected chi connectivity index (χ2v) is 7.81. The van der Waals surface area contributed by atoms with E-state index in [1.807, 2.05) is 44.2 Å². The molecular formula is C20H21N3O2S. The summed E-state index contributed by atoms with van der Waals surface area (Å²) in [6, 6.07) is 18.5. The number of nitrogens with one attached hydrogen (secondary N) is 2. The van der Waals surface area contributed by atoms with Gasteiger partial charge in [-0.3, -0.25) is 4.72 Å². The number of aryl methyl sites for hydroxylation is 2. The Balaban J connectivity index is 1.67. The molecular weight excluding hydrogens is 346 g/mol. The molecule has 6 heteroatoms. The average Bonchev–Trinajstić information content (AvgIpc) is 2.64. The van der Waals surface area contributed by atoms with Crippen LogP contribution in [-0.2, 0) is 16.6 Å². The lowest BCUT2D eigenvalue weighted by Crippen LogP contribution is -2.13. The van der Waals surface area contributed by atoms with Gasteiger partial charge in [0.2, 0.25) is 0 Å². The van der Waals surface area contributed by atoms with Crippen LogP contribution in [0.25, 0.3) is 0 Å². The van der Waals surface area contributed by atoms with Crippen LogP contribution in [-0.4, -0.2) is 13.4 Å². The fourth-order valence-electron chi connectivity index (χ4n) is 2.44. The standard InChI is InChI=1S/C20H21N3O2S/c1-15-8-10-19(12-16(15)2)26(24,25)23-18-9-11-20(22-14-18)21-13-17-6-4-3-5-7-17/h3-12,14,23H,13H2,1-2H3,(H,21,22). The molecule has 0 bridgehead atoms. The number of nitrogens with zero attached hydrogens (tertiary/aromatic N) is 1. The Morgan fingerprint density at radius 3 is 2.35 bits per heavy atom. The van der Waals surface area contributed by atoms with E-state index < -0.39 is 10.0 Å². The molecule has 134 valence electrons. The zero-order valence-electron chi connectivity index (χ0n) is 14.7. The molecule has 0 atom stereocenters. The molecule has 0 saturated carbocycles. The van der Waals surface area contributed by atoms with E-state index in [0.29, 0.717) is 18.1 Å². The van der Waals surface area contributed by atoms with E-state index in [4.69, 9.17) is 0 Å². The molecule has 3 rings (SSSR count). The fraction of sp³-hybridized carbons (Fsp3) is 0.150. The molecule has 0 unspecified atom stereocenters. The van der Waals surface area contributed by atoms with Crippen LogP contribution >= 0.6 is 0 Å². The Hall–Kier alpha value is -2.86. The first-order valence-corrected chi connectivity index (χ1v) is 9.76. The van der Waals surface area contributed by atoms with Gasteiger partial charge in [-0.1, -0.05) is 36.4 Å². The first-order chi connectivity index (χ1) is 12.4. The quantitative estimate of drug-likeness (QED) is 0.688. The average molecular weight is 367 g/mol. The number of sulfonamides is 1. The van der Waals surface area contributed by atoms with E-state index in [9.17, 15) is 8.42 Å². The number of hydrogen-bond donors (Lipinski definition) is 2. The first-order valence-electron chi connectivity index (χ1n) is 8.28. The van der Waals surface area contributed by atoms with Crippen LogP contribution in [0.4, 0.5) is 11.5 Å². The van der Waals surface area contributed by atoms with Gasteiger partial charge in [-0.25, -0.2) is 13.4 Å². The molecule has 5 nitrogen and oxygen atoms in total. The Morgan fingerprint density at radius 2 is 1.69 bits per heavy atom. The monoisotopic (exact) mass is 367 g/mol. The number of anilines is 2. The van der Waals surface area contributed by atoms with Crippen molar-refractivity contribution in [2.24, 2.45) is 0 Å². The van der Waals surface area contributed by atoms with Crippen LogP contribution in [0.1, 0.15) is 16.7 Å². The van der Waals surface area contributed by atoms with E-state index in [-0.39, 0.29) is 4.90 Å². The Kier molecular flexibility index (Phi) is 5.23. The lowest BCUT2D eigenvalue weighted by atomic mass is 10.1. The number of pyridine rings is 1. The molecule has 1 aromatic heterocycles. The second kappa shape index (κ2) is 7.58. The fourth-order valence-corrected chi connectivity index (χ4v) is 3.57. The number of benzene rings is 2. The predicted molar refractivity (Wildman–Crippen MR) is 105 cm³/mol. The molecule has 0 fully saturated rings. The second-order valence-electron chi connectivity index (χ2n) is 6.12.